The molecule has 0 heterocycles. The number of aliphatic hydroxyl groups excluding tert-OH is 1. The van der Waals surface area contributed by atoms with Crippen molar-refractivity contribution < 1.29 is 19.4 Å². The summed E-state index contributed by atoms with van der Waals surface area (Å²) in [5.74, 6) is 0.564. The molecule has 20 heavy (non-hydrogen) atoms. The van der Waals surface area contributed by atoms with Gasteiger partial charge in [0.15, 0.2) is 6.61 Å². The number of carbonyl (C=O) groups excluding carboxylic acids is 1. The third kappa shape index (κ3) is 4.83. The van der Waals surface area contributed by atoms with Crippen LogP contribution in [0, 0.1) is 13.8 Å². The molecule has 0 saturated carbocycles. The standard InChI is InChI=1S/C15H23NO4/c1-11-6-5-7-12(2)15(11)20-10-14(18)16(3)8-13(17)9-19-4/h5-7,13,17H,8-10H2,1-4H3. The van der Waals surface area contributed by atoms with Gasteiger partial charge < -0.3 is 19.5 Å². The van der Waals surface area contributed by atoms with Crippen molar-refractivity contribution in [3.63, 3.8) is 0 Å². The van der Waals surface area contributed by atoms with E-state index in [9.17, 15) is 9.90 Å². The molecule has 5 heteroatoms. The first-order valence-electron chi connectivity index (χ1n) is 6.55. The minimum atomic E-state index is -0.686. The Morgan fingerprint density at radius 3 is 2.50 bits per heavy atom. The van der Waals surface area contributed by atoms with Crippen molar-refractivity contribution in [1.29, 1.82) is 0 Å². The lowest BCUT2D eigenvalue weighted by molar-refractivity contribution is -0.133. The van der Waals surface area contributed by atoms with Crippen LogP contribution in [0.1, 0.15) is 11.1 Å². The lowest BCUT2D eigenvalue weighted by atomic mass is 10.1. The van der Waals surface area contributed by atoms with Crippen molar-refractivity contribution in [3.05, 3.63) is 29.3 Å². The molecule has 0 radical (unpaired) electrons. The van der Waals surface area contributed by atoms with Gasteiger partial charge in [0.2, 0.25) is 0 Å². The Morgan fingerprint density at radius 2 is 1.95 bits per heavy atom. The molecular weight excluding hydrogens is 258 g/mol. The number of methoxy groups -OCH3 is 1. The van der Waals surface area contributed by atoms with Crippen LogP contribution in [0.3, 0.4) is 0 Å². The summed E-state index contributed by atoms with van der Waals surface area (Å²) >= 11 is 0. The fraction of sp³-hybridized carbons (Fsp3) is 0.533. The smallest absolute Gasteiger partial charge is 0.260 e. The molecule has 0 aliphatic heterocycles. The first-order chi connectivity index (χ1) is 9.45. The van der Waals surface area contributed by atoms with Crippen molar-refractivity contribution in [1.82, 2.24) is 4.90 Å². The van der Waals surface area contributed by atoms with Gasteiger partial charge in [0.25, 0.3) is 5.91 Å². The molecule has 1 rings (SSSR count). The number of para-hydroxylation sites is 1. The molecule has 0 fully saturated rings. The number of aliphatic hydroxyl groups is 1. The number of aryl methyl sites for hydroxylation is 2. The summed E-state index contributed by atoms with van der Waals surface area (Å²) in [5, 5.41) is 9.58. The fourth-order valence-corrected chi connectivity index (χ4v) is 1.93. The number of rotatable bonds is 7. The minimum absolute atomic E-state index is 0.0398. The molecular formula is C15H23NO4. The van der Waals surface area contributed by atoms with E-state index in [-0.39, 0.29) is 25.7 Å². The van der Waals surface area contributed by atoms with E-state index >= 15 is 0 Å². The fourth-order valence-electron chi connectivity index (χ4n) is 1.93. The Balaban J connectivity index is 2.50. The highest BCUT2D eigenvalue weighted by Crippen LogP contribution is 2.22. The zero-order valence-electron chi connectivity index (χ0n) is 12.5. The maximum atomic E-state index is 11.9. The monoisotopic (exact) mass is 281 g/mol. The topological polar surface area (TPSA) is 59.0 Å². The van der Waals surface area contributed by atoms with Crippen LogP contribution in [-0.2, 0) is 9.53 Å². The molecule has 1 amide bonds. The molecule has 0 aliphatic rings. The Morgan fingerprint density at radius 1 is 1.35 bits per heavy atom. The Labute approximate surface area is 120 Å². The number of nitrogens with zero attached hydrogens (tertiary/aromatic N) is 1. The molecule has 112 valence electrons. The largest absolute Gasteiger partial charge is 0.483 e. The molecule has 0 aromatic heterocycles. The average Bonchev–Trinajstić information content (AvgIpc) is 2.38. The van der Waals surface area contributed by atoms with Crippen LogP contribution < -0.4 is 4.74 Å². The van der Waals surface area contributed by atoms with Crippen molar-refractivity contribution in [2.24, 2.45) is 0 Å². The molecule has 1 aromatic carbocycles. The Hall–Kier alpha value is -1.59. The third-order valence-electron chi connectivity index (χ3n) is 3.02. The molecule has 0 spiro atoms. The van der Waals surface area contributed by atoms with Gasteiger partial charge in [-0.3, -0.25) is 4.79 Å². The molecule has 5 nitrogen and oxygen atoms in total. The summed E-state index contributed by atoms with van der Waals surface area (Å²) in [4.78, 5) is 13.4. The summed E-state index contributed by atoms with van der Waals surface area (Å²) in [6, 6.07) is 5.84. The summed E-state index contributed by atoms with van der Waals surface area (Å²) in [5.41, 5.74) is 2.00. The first kappa shape index (κ1) is 16.5. The summed E-state index contributed by atoms with van der Waals surface area (Å²) in [7, 11) is 3.14. The second kappa shape index (κ2) is 7.87. The second-order valence-electron chi connectivity index (χ2n) is 4.89. The lowest BCUT2D eigenvalue weighted by Crippen LogP contribution is -2.38. The van der Waals surface area contributed by atoms with Crippen molar-refractivity contribution >= 4 is 5.91 Å². The number of benzene rings is 1. The average molecular weight is 281 g/mol. The van der Waals surface area contributed by atoms with E-state index in [4.69, 9.17) is 9.47 Å². The predicted molar refractivity (Wildman–Crippen MR) is 76.9 cm³/mol. The number of likely N-dealkylation sites (N-methyl/N-ethyl adjacent to an activating group) is 1. The highest BCUT2D eigenvalue weighted by atomic mass is 16.5. The Kier molecular flexibility index (Phi) is 6.48. The molecule has 0 aliphatic carbocycles. The van der Waals surface area contributed by atoms with Crippen molar-refractivity contribution in [2.75, 3.05) is 33.9 Å². The van der Waals surface area contributed by atoms with E-state index in [1.54, 1.807) is 7.05 Å². The molecule has 0 bridgehead atoms. The van der Waals surface area contributed by atoms with Crippen molar-refractivity contribution in [3.8, 4) is 5.75 Å². The number of hydrogen-bond acceptors (Lipinski definition) is 4. The molecule has 1 unspecified atom stereocenters. The van der Waals surface area contributed by atoms with Gasteiger partial charge in [0.05, 0.1) is 12.7 Å². The van der Waals surface area contributed by atoms with Crippen LogP contribution in [0.15, 0.2) is 18.2 Å². The van der Waals surface area contributed by atoms with Gasteiger partial charge in [-0.25, -0.2) is 0 Å². The van der Waals surface area contributed by atoms with Gasteiger partial charge in [-0.2, -0.15) is 0 Å². The first-order valence-corrected chi connectivity index (χ1v) is 6.55. The van der Waals surface area contributed by atoms with Gasteiger partial charge >= 0.3 is 0 Å². The van der Waals surface area contributed by atoms with E-state index in [1.807, 2.05) is 32.0 Å². The van der Waals surface area contributed by atoms with Crippen LogP contribution in [0.4, 0.5) is 0 Å². The van der Waals surface area contributed by atoms with Crippen LogP contribution in [0.25, 0.3) is 0 Å². The van der Waals surface area contributed by atoms with Gasteiger partial charge in [0.1, 0.15) is 5.75 Å². The van der Waals surface area contributed by atoms with E-state index in [0.29, 0.717) is 0 Å². The normalized spacial score (nSPS) is 12.1. The lowest BCUT2D eigenvalue weighted by Gasteiger charge is -2.21. The van der Waals surface area contributed by atoms with Gasteiger partial charge in [-0.15, -0.1) is 0 Å². The van der Waals surface area contributed by atoms with Gasteiger partial charge in [0, 0.05) is 20.7 Å². The van der Waals surface area contributed by atoms with E-state index in [2.05, 4.69) is 0 Å². The number of carbonyl (C=O) groups is 1. The number of hydrogen-bond donors (Lipinski definition) is 1. The quantitative estimate of drug-likeness (QED) is 0.814. The maximum Gasteiger partial charge on any atom is 0.260 e. The zero-order valence-corrected chi connectivity index (χ0v) is 12.5. The van der Waals surface area contributed by atoms with Crippen LogP contribution in [0.2, 0.25) is 0 Å². The Bertz CT molecular complexity index is 427. The number of amides is 1. The summed E-state index contributed by atoms with van der Waals surface area (Å²) in [6.45, 7) is 4.28. The minimum Gasteiger partial charge on any atom is -0.483 e. The van der Waals surface area contributed by atoms with Gasteiger partial charge in [-0.05, 0) is 25.0 Å². The summed E-state index contributed by atoms with van der Waals surface area (Å²) < 4.78 is 10.4. The second-order valence-corrected chi connectivity index (χ2v) is 4.89. The van der Waals surface area contributed by atoms with E-state index in [0.717, 1.165) is 16.9 Å². The highest BCUT2D eigenvalue weighted by molar-refractivity contribution is 5.77. The molecule has 1 N–H and O–H groups in total. The molecule has 0 saturated heterocycles. The predicted octanol–water partition coefficient (Wildman–Crippen LogP) is 1.15. The zero-order chi connectivity index (χ0) is 15.1. The van der Waals surface area contributed by atoms with E-state index < -0.39 is 6.10 Å². The van der Waals surface area contributed by atoms with Crippen LogP contribution >= 0.6 is 0 Å². The summed E-state index contributed by atoms with van der Waals surface area (Å²) in [6.07, 6.45) is -0.686. The third-order valence-corrected chi connectivity index (χ3v) is 3.02. The van der Waals surface area contributed by atoms with Crippen LogP contribution in [-0.4, -0.2) is 55.9 Å². The van der Waals surface area contributed by atoms with Crippen LogP contribution in [0.5, 0.6) is 5.75 Å². The SMILES string of the molecule is COCC(O)CN(C)C(=O)COc1c(C)cccc1C. The highest BCUT2D eigenvalue weighted by Gasteiger charge is 2.15. The van der Waals surface area contributed by atoms with Gasteiger partial charge in [-0.1, -0.05) is 18.2 Å². The van der Waals surface area contributed by atoms with E-state index in [1.165, 1.54) is 12.0 Å². The maximum absolute atomic E-state index is 11.9. The molecule has 1 aromatic rings. The van der Waals surface area contributed by atoms with Crippen molar-refractivity contribution in [2.45, 2.75) is 20.0 Å². The number of ether oxygens (including phenoxy) is 2. The molecule has 1 atom stereocenters.